The molecule has 0 bridgehead atoms. The van der Waals surface area contributed by atoms with Gasteiger partial charge in [-0.15, -0.1) is 12.4 Å². The number of hydrogen-bond acceptors (Lipinski definition) is 3. The maximum absolute atomic E-state index is 11.6. The molecule has 1 spiro atoms. The standard InChI is InChI=1S/C9H17N3O.ClH/c1-6(3-10)12-8(13)7-2-9(7)4-11-5-9;/h6-7,11H,2-5,10H2,1H3,(H,12,13);1H/t6-,7?;/m0./s1. The Kier molecular flexibility index (Phi) is 3.40. The van der Waals surface area contributed by atoms with Gasteiger partial charge in [-0.3, -0.25) is 4.79 Å². The van der Waals surface area contributed by atoms with Gasteiger partial charge in [0, 0.05) is 37.0 Å². The maximum atomic E-state index is 11.6. The van der Waals surface area contributed by atoms with Crippen molar-refractivity contribution in [1.82, 2.24) is 10.6 Å². The Balaban J connectivity index is 0.000000980. The second kappa shape index (κ2) is 4.04. The zero-order valence-corrected chi connectivity index (χ0v) is 9.19. The lowest BCUT2D eigenvalue weighted by Crippen LogP contribution is -2.48. The van der Waals surface area contributed by atoms with E-state index in [1.807, 2.05) is 6.92 Å². The summed E-state index contributed by atoms with van der Waals surface area (Å²) in [5, 5.41) is 6.13. The van der Waals surface area contributed by atoms with Crippen LogP contribution >= 0.6 is 12.4 Å². The van der Waals surface area contributed by atoms with Gasteiger partial charge in [0.2, 0.25) is 5.91 Å². The van der Waals surface area contributed by atoms with Crippen molar-refractivity contribution in [2.24, 2.45) is 17.1 Å². The third-order valence-electron chi connectivity index (χ3n) is 3.20. The van der Waals surface area contributed by atoms with E-state index in [1.54, 1.807) is 0 Å². The fourth-order valence-electron chi connectivity index (χ4n) is 1.96. The van der Waals surface area contributed by atoms with E-state index in [2.05, 4.69) is 10.6 Å². The molecule has 2 aliphatic rings. The fraction of sp³-hybridized carbons (Fsp3) is 0.889. The highest BCUT2D eigenvalue weighted by Gasteiger charge is 2.61. The molecule has 4 N–H and O–H groups in total. The summed E-state index contributed by atoms with van der Waals surface area (Å²) in [5.41, 5.74) is 5.76. The van der Waals surface area contributed by atoms with Gasteiger partial charge in [-0.1, -0.05) is 0 Å². The molecule has 82 valence electrons. The van der Waals surface area contributed by atoms with E-state index in [0.717, 1.165) is 19.5 Å². The Morgan fingerprint density at radius 1 is 1.71 bits per heavy atom. The molecule has 0 aromatic heterocycles. The normalized spacial score (nSPS) is 28.6. The van der Waals surface area contributed by atoms with E-state index >= 15 is 0 Å². The van der Waals surface area contributed by atoms with Crippen molar-refractivity contribution in [3.05, 3.63) is 0 Å². The van der Waals surface area contributed by atoms with Crippen LogP contribution in [0.25, 0.3) is 0 Å². The minimum atomic E-state index is 0. The Morgan fingerprint density at radius 3 is 2.71 bits per heavy atom. The highest BCUT2D eigenvalue weighted by molar-refractivity contribution is 5.85. The highest BCUT2D eigenvalue weighted by Crippen LogP contribution is 2.55. The molecule has 0 aromatic carbocycles. The van der Waals surface area contributed by atoms with Gasteiger partial charge >= 0.3 is 0 Å². The fourth-order valence-corrected chi connectivity index (χ4v) is 1.96. The van der Waals surface area contributed by atoms with Crippen LogP contribution in [0, 0.1) is 11.3 Å². The van der Waals surface area contributed by atoms with Crippen molar-refractivity contribution in [3.63, 3.8) is 0 Å². The predicted molar refractivity (Wildman–Crippen MR) is 57.3 cm³/mol. The zero-order valence-electron chi connectivity index (χ0n) is 8.38. The summed E-state index contributed by atoms with van der Waals surface area (Å²) in [7, 11) is 0. The van der Waals surface area contributed by atoms with E-state index in [4.69, 9.17) is 5.73 Å². The summed E-state index contributed by atoms with van der Waals surface area (Å²) in [4.78, 5) is 11.6. The van der Waals surface area contributed by atoms with Gasteiger partial charge < -0.3 is 16.4 Å². The number of amides is 1. The second-order valence-corrected chi connectivity index (χ2v) is 4.37. The van der Waals surface area contributed by atoms with E-state index in [0.29, 0.717) is 12.0 Å². The van der Waals surface area contributed by atoms with Crippen molar-refractivity contribution >= 4 is 18.3 Å². The molecule has 2 atom stereocenters. The lowest BCUT2D eigenvalue weighted by atomic mass is 9.96. The minimum Gasteiger partial charge on any atom is -0.352 e. The van der Waals surface area contributed by atoms with Gasteiger partial charge in [-0.05, 0) is 13.3 Å². The molecular formula is C9H18ClN3O. The van der Waals surface area contributed by atoms with Gasteiger partial charge in [-0.2, -0.15) is 0 Å². The summed E-state index contributed by atoms with van der Waals surface area (Å²) >= 11 is 0. The SMILES string of the molecule is C[C@@H](CN)NC(=O)C1CC12CNC2.Cl. The molecule has 1 aliphatic heterocycles. The number of nitrogens with two attached hydrogens (primary N) is 1. The van der Waals surface area contributed by atoms with E-state index in [9.17, 15) is 4.79 Å². The van der Waals surface area contributed by atoms with Crippen LogP contribution in [-0.2, 0) is 4.79 Å². The van der Waals surface area contributed by atoms with Crippen LogP contribution in [0.1, 0.15) is 13.3 Å². The lowest BCUT2D eigenvalue weighted by Gasteiger charge is -2.28. The van der Waals surface area contributed by atoms with E-state index in [-0.39, 0.29) is 30.3 Å². The van der Waals surface area contributed by atoms with Crippen LogP contribution in [0.4, 0.5) is 0 Å². The van der Waals surface area contributed by atoms with Crippen LogP contribution in [0.15, 0.2) is 0 Å². The van der Waals surface area contributed by atoms with Crippen molar-refractivity contribution in [2.45, 2.75) is 19.4 Å². The summed E-state index contributed by atoms with van der Waals surface area (Å²) in [6.45, 7) is 4.49. The Hall–Kier alpha value is -0.320. The average molecular weight is 220 g/mol. The van der Waals surface area contributed by atoms with E-state index in [1.165, 1.54) is 0 Å². The topological polar surface area (TPSA) is 67.1 Å². The third kappa shape index (κ3) is 1.87. The molecule has 5 heteroatoms. The molecular weight excluding hydrogens is 202 g/mol. The number of nitrogens with one attached hydrogen (secondary N) is 2. The van der Waals surface area contributed by atoms with E-state index < -0.39 is 0 Å². The summed E-state index contributed by atoms with van der Waals surface area (Å²) in [6, 6.07) is 0.109. The molecule has 1 amide bonds. The number of rotatable bonds is 3. The molecule has 2 rings (SSSR count). The Morgan fingerprint density at radius 2 is 2.36 bits per heavy atom. The van der Waals surface area contributed by atoms with Crippen LogP contribution in [0.3, 0.4) is 0 Å². The quantitative estimate of drug-likeness (QED) is 0.599. The molecule has 14 heavy (non-hydrogen) atoms. The second-order valence-electron chi connectivity index (χ2n) is 4.37. The highest BCUT2D eigenvalue weighted by atomic mass is 35.5. The van der Waals surface area contributed by atoms with Crippen molar-refractivity contribution < 1.29 is 4.79 Å². The first-order valence-corrected chi connectivity index (χ1v) is 4.89. The molecule has 1 unspecified atom stereocenters. The minimum absolute atomic E-state index is 0. The third-order valence-corrected chi connectivity index (χ3v) is 3.20. The zero-order chi connectivity index (χ0) is 9.47. The Bertz CT molecular complexity index is 230. The van der Waals surface area contributed by atoms with Crippen LogP contribution in [0.5, 0.6) is 0 Å². The van der Waals surface area contributed by atoms with Crippen molar-refractivity contribution in [3.8, 4) is 0 Å². The largest absolute Gasteiger partial charge is 0.352 e. The summed E-state index contributed by atoms with van der Waals surface area (Å²) in [6.07, 6.45) is 1.06. The van der Waals surface area contributed by atoms with Crippen LogP contribution in [-0.4, -0.2) is 31.6 Å². The molecule has 1 saturated carbocycles. The predicted octanol–water partition coefficient (Wildman–Crippen LogP) is -0.519. The van der Waals surface area contributed by atoms with Gasteiger partial charge in [0.15, 0.2) is 0 Å². The molecule has 2 fully saturated rings. The summed E-state index contributed by atoms with van der Waals surface area (Å²) in [5.74, 6) is 0.446. The number of hydrogen-bond donors (Lipinski definition) is 3. The average Bonchev–Trinajstić information content (AvgIpc) is 2.77. The molecule has 1 aliphatic carbocycles. The van der Waals surface area contributed by atoms with Gasteiger partial charge in [-0.25, -0.2) is 0 Å². The molecule has 1 saturated heterocycles. The molecule has 0 radical (unpaired) electrons. The first-order chi connectivity index (χ1) is 6.18. The Labute approximate surface area is 90.4 Å². The van der Waals surface area contributed by atoms with Crippen molar-refractivity contribution in [1.29, 1.82) is 0 Å². The van der Waals surface area contributed by atoms with Crippen LogP contribution in [0.2, 0.25) is 0 Å². The molecule has 4 nitrogen and oxygen atoms in total. The van der Waals surface area contributed by atoms with Crippen molar-refractivity contribution in [2.75, 3.05) is 19.6 Å². The van der Waals surface area contributed by atoms with Gasteiger partial charge in [0.1, 0.15) is 0 Å². The van der Waals surface area contributed by atoms with Crippen LogP contribution < -0.4 is 16.4 Å². The first kappa shape index (κ1) is 11.8. The number of halogens is 1. The number of carbonyl (C=O) groups is 1. The monoisotopic (exact) mass is 219 g/mol. The maximum Gasteiger partial charge on any atom is 0.224 e. The van der Waals surface area contributed by atoms with Gasteiger partial charge in [0.05, 0.1) is 0 Å². The molecule has 0 aromatic rings. The smallest absolute Gasteiger partial charge is 0.224 e. The van der Waals surface area contributed by atoms with Gasteiger partial charge in [0.25, 0.3) is 0 Å². The molecule has 1 heterocycles. The lowest BCUT2D eigenvalue weighted by molar-refractivity contribution is -0.124. The number of carbonyl (C=O) groups excluding carboxylic acids is 1. The summed E-state index contributed by atoms with van der Waals surface area (Å²) < 4.78 is 0. The first-order valence-electron chi connectivity index (χ1n) is 4.89.